The quantitative estimate of drug-likeness (QED) is 0.442. The van der Waals surface area contributed by atoms with Crippen molar-refractivity contribution in [2.45, 2.75) is 0 Å². The molecule has 1 fully saturated rings. The molecule has 1 aromatic carbocycles. The Morgan fingerprint density at radius 1 is 0.906 bits per heavy atom. The van der Waals surface area contributed by atoms with Crippen molar-refractivity contribution >= 4 is 22.9 Å². The number of carbonyl (C=O) groups is 2. The second-order valence-electron chi connectivity index (χ2n) is 7.15. The van der Waals surface area contributed by atoms with Crippen molar-refractivity contribution in [2.24, 2.45) is 0 Å². The van der Waals surface area contributed by atoms with Gasteiger partial charge in [0, 0.05) is 13.1 Å². The van der Waals surface area contributed by atoms with E-state index in [4.69, 9.17) is 18.3 Å². The van der Waals surface area contributed by atoms with Crippen molar-refractivity contribution in [2.75, 3.05) is 32.9 Å². The van der Waals surface area contributed by atoms with E-state index in [0.717, 1.165) is 0 Å². The standard InChI is InChI=1S/C23H19N3O6/c27-20(26-7-11-29-12-8-26)14-32-23(28)15-5-6-16-17(13-15)25-22(19-4-2-10-31-19)21(24-16)18-3-1-9-30-18/h1-6,9-10,13H,7-8,11-12,14H2. The predicted molar refractivity (Wildman–Crippen MR) is 113 cm³/mol. The highest BCUT2D eigenvalue weighted by atomic mass is 16.5. The maximum Gasteiger partial charge on any atom is 0.338 e. The fourth-order valence-corrected chi connectivity index (χ4v) is 3.47. The third-order valence-electron chi connectivity index (χ3n) is 5.10. The van der Waals surface area contributed by atoms with Crippen LogP contribution in [0, 0.1) is 0 Å². The first kappa shape index (κ1) is 20.0. The van der Waals surface area contributed by atoms with E-state index in [0.29, 0.717) is 60.2 Å². The minimum Gasteiger partial charge on any atom is -0.463 e. The lowest BCUT2D eigenvalue weighted by atomic mass is 10.1. The molecule has 9 nitrogen and oxygen atoms in total. The Hall–Kier alpha value is -3.98. The molecule has 1 saturated heterocycles. The molecule has 1 amide bonds. The minimum atomic E-state index is -0.607. The van der Waals surface area contributed by atoms with Gasteiger partial charge in [0.15, 0.2) is 18.1 Å². The van der Waals surface area contributed by atoms with Crippen LogP contribution in [0.4, 0.5) is 0 Å². The van der Waals surface area contributed by atoms with E-state index in [1.807, 2.05) is 0 Å². The van der Waals surface area contributed by atoms with Crippen LogP contribution in [0.15, 0.2) is 63.8 Å². The summed E-state index contributed by atoms with van der Waals surface area (Å²) >= 11 is 0. The average molecular weight is 433 g/mol. The zero-order chi connectivity index (χ0) is 21.9. The number of hydrogen-bond donors (Lipinski definition) is 0. The molecule has 0 atom stereocenters. The molecule has 5 rings (SSSR count). The van der Waals surface area contributed by atoms with E-state index in [-0.39, 0.29) is 18.1 Å². The van der Waals surface area contributed by atoms with Crippen LogP contribution in [0.3, 0.4) is 0 Å². The molecule has 162 valence electrons. The van der Waals surface area contributed by atoms with Gasteiger partial charge in [-0.25, -0.2) is 14.8 Å². The second-order valence-corrected chi connectivity index (χ2v) is 7.15. The summed E-state index contributed by atoms with van der Waals surface area (Å²) in [6.45, 7) is 1.64. The van der Waals surface area contributed by atoms with Crippen LogP contribution in [0.2, 0.25) is 0 Å². The second kappa shape index (κ2) is 8.64. The van der Waals surface area contributed by atoms with E-state index >= 15 is 0 Å². The van der Waals surface area contributed by atoms with Crippen LogP contribution in [0.5, 0.6) is 0 Å². The molecule has 0 radical (unpaired) electrons. The number of fused-ring (bicyclic) bond motifs is 1. The molecule has 4 heterocycles. The van der Waals surface area contributed by atoms with Gasteiger partial charge in [0.05, 0.1) is 42.3 Å². The van der Waals surface area contributed by atoms with E-state index in [1.54, 1.807) is 59.9 Å². The molecule has 0 spiro atoms. The largest absolute Gasteiger partial charge is 0.463 e. The lowest BCUT2D eigenvalue weighted by Gasteiger charge is -2.26. The number of esters is 1. The number of nitrogens with zero attached hydrogens (tertiary/aromatic N) is 3. The summed E-state index contributed by atoms with van der Waals surface area (Å²) in [6.07, 6.45) is 3.11. The first-order valence-electron chi connectivity index (χ1n) is 10.1. The zero-order valence-corrected chi connectivity index (χ0v) is 17.0. The van der Waals surface area contributed by atoms with Gasteiger partial charge in [-0.1, -0.05) is 0 Å². The first-order valence-corrected chi connectivity index (χ1v) is 10.1. The van der Waals surface area contributed by atoms with E-state index in [1.165, 1.54) is 0 Å². The van der Waals surface area contributed by atoms with Crippen molar-refractivity contribution < 1.29 is 27.9 Å². The van der Waals surface area contributed by atoms with Crippen molar-refractivity contribution in [3.8, 4) is 22.9 Å². The van der Waals surface area contributed by atoms with Crippen LogP contribution >= 0.6 is 0 Å². The molecule has 1 aliphatic rings. The van der Waals surface area contributed by atoms with Crippen LogP contribution in [0.25, 0.3) is 33.9 Å². The number of aromatic nitrogens is 2. The van der Waals surface area contributed by atoms with Crippen molar-refractivity contribution in [1.29, 1.82) is 0 Å². The summed E-state index contributed by atoms with van der Waals surface area (Å²) in [7, 11) is 0. The summed E-state index contributed by atoms with van der Waals surface area (Å²) < 4.78 is 21.5. The van der Waals surface area contributed by atoms with Gasteiger partial charge in [0.1, 0.15) is 11.4 Å². The van der Waals surface area contributed by atoms with Gasteiger partial charge in [-0.05, 0) is 42.5 Å². The van der Waals surface area contributed by atoms with E-state index in [9.17, 15) is 9.59 Å². The third-order valence-corrected chi connectivity index (χ3v) is 5.10. The SMILES string of the molecule is O=C(OCC(=O)N1CCOCC1)c1ccc2nc(-c3ccco3)c(-c3ccco3)nc2c1. The monoisotopic (exact) mass is 433 g/mol. The Labute approximate surface area is 182 Å². The average Bonchev–Trinajstić information content (AvgIpc) is 3.56. The van der Waals surface area contributed by atoms with Crippen LogP contribution in [-0.4, -0.2) is 59.7 Å². The molecular formula is C23H19N3O6. The highest BCUT2D eigenvalue weighted by Crippen LogP contribution is 2.31. The van der Waals surface area contributed by atoms with E-state index < -0.39 is 5.97 Å². The summed E-state index contributed by atoms with van der Waals surface area (Å²) in [5.41, 5.74) is 2.36. The first-order chi connectivity index (χ1) is 15.7. The zero-order valence-electron chi connectivity index (χ0n) is 17.0. The lowest BCUT2D eigenvalue weighted by molar-refractivity contribution is -0.138. The Morgan fingerprint density at radius 3 is 2.19 bits per heavy atom. The number of ether oxygens (including phenoxy) is 2. The Balaban J connectivity index is 1.41. The van der Waals surface area contributed by atoms with Gasteiger partial charge in [0.2, 0.25) is 0 Å². The summed E-state index contributed by atoms with van der Waals surface area (Å²) in [4.78, 5) is 35.7. The molecule has 1 aliphatic heterocycles. The molecule has 32 heavy (non-hydrogen) atoms. The number of rotatable bonds is 5. The summed E-state index contributed by atoms with van der Waals surface area (Å²) in [6, 6.07) is 12.0. The maximum atomic E-state index is 12.5. The fraction of sp³-hybridized carbons (Fsp3) is 0.217. The van der Waals surface area contributed by atoms with Crippen molar-refractivity contribution in [1.82, 2.24) is 14.9 Å². The van der Waals surface area contributed by atoms with Crippen LogP contribution in [-0.2, 0) is 14.3 Å². The van der Waals surface area contributed by atoms with Gasteiger partial charge in [0.25, 0.3) is 5.91 Å². The highest BCUT2D eigenvalue weighted by Gasteiger charge is 2.20. The van der Waals surface area contributed by atoms with Crippen LogP contribution in [0.1, 0.15) is 10.4 Å². The number of morpholine rings is 1. The molecule has 9 heteroatoms. The molecule has 0 saturated carbocycles. The smallest absolute Gasteiger partial charge is 0.338 e. The molecule has 0 aliphatic carbocycles. The van der Waals surface area contributed by atoms with Gasteiger partial charge in [-0.15, -0.1) is 0 Å². The number of carbonyl (C=O) groups excluding carboxylic acids is 2. The Morgan fingerprint density at radius 2 is 1.56 bits per heavy atom. The van der Waals surface area contributed by atoms with E-state index in [2.05, 4.69) is 9.97 Å². The number of benzene rings is 1. The minimum absolute atomic E-state index is 0.245. The summed E-state index contributed by atoms with van der Waals surface area (Å²) in [5, 5.41) is 0. The number of amides is 1. The highest BCUT2D eigenvalue weighted by molar-refractivity contribution is 5.95. The maximum absolute atomic E-state index is 12.5. The van der Waals surface area contributed by atoms with Crippen LogP contribution < -0.4 is 0 Å². The molecule has 4 aromatic rings. The molecule has 3 aromatic heterocycles. The summed E-state index contributed by atoms with van der Waals surface area (Å²) in [5.74, 6) is 0.223. The Kier molecular flexibility index (Phi) is 5.39. The fourth-order valence-electron chi connectivity index (χ4n) is 3.47. The Bertz CT molecular complexity index is 1240. The molecular weight excluding hydrogens is 414 g/mol. The third kappa shape index (κ3) is 3.97. The van der Waals surface area contributed by atoms with Gasteiger partial charge >= 0.3 is 5.97 Å². The van der Waals surface area contributed by atoms with Gasteiger partial charge in [-0.3, -0.25) is 4.79 Å². The number of furan rings is 2. The van der Waals surface area contributed by atoms with Crippen molar-refractivity contribution in [3.63, 3.8) is 0 Å². The predicted octanol–water partition coefficient (Wildman–Crippen LogP) is 3.17. The molecule has 0 N–H and O–H groups in total. The molecule has 0 bridgehead atoms. The van der Waals surface area contributed by atoms with Gasteiger partial charge in [-0.2, -0.15) is 0 Å². The van der Waals surface area contributed by atoms with Gasteiger partial charge < -0.3 is 23.2 Å². The molecule has 0 unspecified atom stereocenters. The normalized spacial score (nSPS) is 13.9. The van der Waals surface area contributed by atoms with Crippen molar-refractivity contribution in [3.05, 3.63) is 60.6 Å². The topological polar surface area (TPSA) is 108 Å². The lowest BCUT2D eigenvalue weighted by Crippen LogP contribution is -2.42. The number of hydrogen-bond acceptors (Lipinski definition) is 8.